The van der Waals surface area contributed by atoms with Crippen LogP contribution in [0.4, 0.5) is 0 Å². The van der Waals surface area contributed by atoms with E-state index >= 15 is 0 Å². The number of rotatable bonds is 4. The predicted octanol–water partition coefficient (Wildman–Crippen LogP) is 0.783. The molecule has 1 amide bonds. The van der Waals surface area contributed by atoms with E-state index in [0.717, 1.165) is 6.42 Å². The molecule has 0 aromatic heterocycles. The zero-order valence-corrected chi connectivity index (χ0v) is 11.4. The Morgan fingerprint density at radius 3 is 2.63 bits per heavy atom. The first-order valence-electron chi connectivity index (χ1n) is 6.70. The van der Waals surface area contributed by atoms with Crippen LogP contribution < -0.4 is 22.1 Å². The van der Waals surface area contributed by atoms with Gasteiger partial charge in [-0.15, -0.1) is 0 Å². The van der Waals surface area contributed by atoms with E-state index in [9.17, 15) is 4.79 Å². The minimum absolute atomic E-state index is 0.149. The summed E-state index contributed by atoms with van der Waals surface area (Å²) in [7, 11) is 0. The Hall–Kier alpha value is -1.43. The molecule has 1 aliphatic rings. The summed E-state index contributed by atoms with van der Waals surface area (Å²) in [6.45, 7) is 4.43. The summed E-state index contributed by atoms with van der Waals surface area (Å²) in [5.41, 5.74) is 10.8. The molecule has 1 heterocycles. The zero-order valence-electron chi connectivity index (χ0n) is 11.4. The molecule has 1 aromatic carbocycles. The lowest BCUT2D eigenvalue weighted by molar-refractivity contribution is -0.122. The van der Waals surface area contributed by atoms with Crippen LogP contribution in [0.15, 0.2) is 24.3 Å². The molecule has 2 rings (SSSR count). The lowest BCUT2D eigenvalue weighted by Gasteiger charge is -2.11. The van der Waals surface area contributed by atoms with Gasteiger partial charge in [0.2, 0.25) is 0 Å². The van der Waals surface area contributed by atoms with Crippen molar-refractivity contribution in [3.05, 3.63) is 35.4 Å². The molecule has 0 spiro atoms. The van der Waals surface area contributed by atoms with Crippen LogP contribution in [0.3, 0.4) is 0 Å². The summed E-state index contributed by atoms with van der Waals surface area (Å²) in [6.07, 6.45) is 1.79. The van der Waals surface area contributed by atoms with Gasteiger partial charge in [0.1, 0.15) is 6.04 Å². The highest BCUT2D eigenvalue weighted by molar-refractivity contribution is 5.81. The molecule has 5 nitrogen and oxygen atoms in total. The average molecular weight is 262 g/mol. The Morgan fingerprint density at radius 2 is 2.05 bits per heavy atom. The normalized spacial score (nSPS) is 22.7. The number of amides is 1. The number of carbonyl (C=O) groups is 1. The minimum Gasteiger partial charge on any atom is -0.293 e. The van der Waals surface area contributed by atoms with Crippen molar-refractivity contribution in [3.8, 4) is 0 Å². The summed E-state index contributed by atoms with van der Waals surface area (Å²) < 4.78 is 0. The van der Waals surface area contributed by atoms with Gasteiger partial charge in [-0.05, 0) is 29.9 Å². The van der Waals surface area contributed by atoms with Crippen molar-refractivity contribution in [1.29, 1.82) is 0 Å². The zero-order chi connectivity index (χ0) is 13.8. The smallest absolute Gasteiger partial charge is 0.252 e. The standard InChI is InChI=1S/C14H22N4O/c1-9(2)7-10-3-5-11(6-4-10)12-8-13(18-17-12)14(19)16-15/h3-6,9,12-13,17-18H,7-8,15H2,1-2H3,(H,16,19). The first-order chi connectivity index (χ1) is 9.10. The Labute approximate surface area is 113 Å². The number of carbonyl (C=O) groups excluding carboxylic acids is 1. The molecule has 0 aliphatic carbocycles. The Balaban J connectivity index is 1.98. The molecule has 1 saturated heterocycles. The van der Waals surface area contributed by atoms with Crippen molar-refractivity contribution >= 4 is 5.91 Å². The van der Waals surface area contributed by atoms with Gasteiger partial charge in [-0.3, -0.25) is 10.2 Å². The third-order valence-electron chi connectivity index (χ3n) is 3.39. The van der Waals surface area contributed by atoms with Crippen molar-refractivity contribution in [2.24, 2.45) is 11.8 Å². The van der Waals surface area contributed by atoms with Crippen LogP contribution in [0, 0.1) is 5.92 Å². The molecule has 0 bridgehead atoms. The molecule has 2 atom stereocenters. The highest BCUT2D eigenvalue weighted by Crippen LogP contribution is 2.23. The minimum atomic E-state index is -0.273. The molecule has 1 aromatic rings. The summed E-state index contributed by atoms with van der Waals surface area (Å²) >= 11 is 0. The van der Waals surface area contributed by atoms with E-state index in [1.54, 1.807) is 0 Å². The fraction of sp³-hybridized carbons (Fsp3) is 0.500. The summed E-state index contributed by atoms with van der Waals surface area (Å²) in [5, 5.41) is 0. The van der Waals surface area contributed by atoms with Crippen LogP contribution in [0.1, 0.15) is 37.4 Å². The van der Waals surface area contributed by atoms with Crippen molar-refractivity contribution in [2.45, 2.75) is 38.8 Å². The summed E-state index contributed by atoms with van der Waals surface area (Å²) in [4.78, 5) is 11.4. The van der Waals surface area contributed by atoms with Gasteiger partial charge in [-0.1, -0.05) is 38.1 Å². The van der Waals surface area contributed by atoms with Gasteiger partial charge in [0.25, 0.3) is 5.91 Å². The van der Waals surface area contributed by atoms with Gasteiger partial charge < -0.3 is 0 Å². The van der Waals surface area contributed by atoms with Crippen LogP contribution >= 0.6 is 0 Å². The van der Waals surface area contributed by atoms with Gasteiger partial charge in [-0.2, -0.15) is 0 Å². The Morgan fingerprint density at radius 1 is 1.37 bits per heavy atom. The monoisotopic (exact) mass is 262 g/mol. The fourth-order valence-corrected chi connectivity index (χ4v) is 2.40. The highest BCUT2D eigenvalue weighted by atomic mass is 16.2. The molecule has 5 heteroatoms. The first-order valence-corrected chi connectivity index (χ1v) is 6.70. The van der Waals surface area contributed by atoms with Gasteiger partial charge in [0.05, 0.1) is 0 Å². The third-order valence-corrected chi connectivity index (χ3v) is 3.39. The van der Waals surface area contributed by atoms with Gasteiger partial charge in [0, 0.05) is 6.04 Å². The van der Waals surface area contributed by atoms with Gasteiger partial charge in [0.15, 0.2) is 0 Å². The van der Waals surface area contributed by atoms with Crippen LogP contribution in [0.25, 0.3) is 0 Å². The number of nitrogens with two attached hydrogens (primary N) is 1. The molecule has 0 saturated carbocycles. The second-order valence-electron chi connectivity index (χ2n) is 5.48. The second kappa shape index (κ2) is 6.14. The van der Waals surface area contributed by atoms with Crippen molar-refractivity contribution in [1.82, 2.24) is 16.3 Å². The largest absolute Gasteiger partial charge is 0.293 e. The number of hydrogen-bond acceptors (Lipinski definition) is 4. The molecule has 104 valence electrons. The molecule has 5 N–H and O–H groups in total. The molecule has 2 unspecified atom stereocenters. The number of benzene rings is 1. The van der Waals surface area contributed by atoms with E-state index in [0.29, 0.717) is 12.3 Å². The van der Waals surface area contributed by atoms with Crippen LogP contribution in [0.5, 0.6) is 0 Å². The van der Waals surface area contributed by atoms with E-state index < -0.39 is 0 Å². The summed E-state index contributed by atoms with van der Waals surface area (Å²) in [6, 6.07) is 8.45. The molecule has 1 aliphatic heterocycles. The van der Waals surface area contributed by atoms with E-state index in [-0.39, 0.29) is 18.0 Å². The molecule has 19 heavy (non-hydrogen) atoms. The van der Waals surface area contributed by atoms with Gasteiger partial charge >= 0.3 is 0 Å². The number of nitrogens with one attached hydrogen (secondary N) is 3. The highest BCUT2D eigenvalue weighted by Gasteiger charge is 2.29. The van der Waals surface area contributed by atoms with Crippen molar-refractivity contribution in [2.75, 3.05) is 0 Å². The maximum atomic E-state index is 11.4. The van der Waals surface area contributed by atoms with Crippen LogP contribution in [-0.2, 0) is 11.2 Å². The first kappa shape index (κ1) is 14.0. The molecular weight excluding hydrogens is 240 g/mol. The predicted molar refractivity (Wildman–Crippen MR) is 74.7 cm³/mol. The topological polar surface area (TPSA) is 79.2 Å². The number of hydrogen-bond donors (Lipinski definition) is 4. The maximum Gasteiger partial charge on any atom is 0.252 e. The fourth-order valence-electron chi connectivity index (χ4n) is 2.40. The quantitative estimate of drug-likeness (QED) is 0.367. The van der Waals surface area contributed by atoms with Crippen molar-refractivity contribution < 1.29 is 4.79 Å². The number of hydrazine groups is 2. The second-order valence-corrected chi connectivity index (χ2v) is 5.48. The molecule has 0 radical (unpaired) electrons. The van der Waals surface area contributed by atoms with Gasteiger partial charge in [-0.25, -0.2) is 16.7 Å². The Kier molecular flexibility index (Phi) is 4.52. The van der Waals surface area contributed by atoms with Crippen LogP contribution in [-0.4, -0.2) is 11.9 Å². The third kappa shape index (κ3) is 3.53. The lowest BCUT2D eigenvalue weighted by atomic mass is 9.97. The molecular formula is C14H22N4O. The van der Waals surface area contributed by atoms with E-state index in [4.69, 9.17) is 5.84 Å². The molecule has 1 fully saturated rings. The van der Waals surface area contributed by atoms with E-state index in [1.165, 1.54) is 11.1 Å². The van der Waals surface area contributed by atoms with E-state index in [1.807, 2.05) is 0 Å². The SMILES string of the molecule is CC(C)Cc1ccc(C2CC(C(=O)NN)NN2)cc1. The maximum absolute atomic E-state index is 11.4. The summed E-state index contributed by atoms with van der Waals surface area (Å²) in [5.74, 6) is 5.61. The van der Waals surface area contributed by atoms with Crippen molar-refractivity contribution in [3.63, 3.8) is 0 Å². The van der Waals surface area contributed by atoms with Crippen LogP contribution in [0.2, 0.25) is 0 Å². The van der Waals surface area contributed by atoms with E-state index in [2.05, 4.69) is 54.4 Å². The lowest BCUT2D eigenvalue weighted by Crippen LogP contribution is -2.45. The Bertz CT molecular complexity index is 430. The average Bonchev–Trinajstić information content (AvgIpc) is 2.87.